The van der Waals surface area contributed by atoms with Crippen LogP contribution in [0, 0.1) is 30.6 Å². The van der Waals surface area contributed by atoms with Crippen molar-refractivity contribution >= 4 is 0 Å². The van der Waals surface area contributed by atoms with Gasteiger partial charge >= 0.3 is 0 Å². The maximum absolute atomic E-state index is 9.31. The number of aromatic nitrogens is 2. The summed E-state index contributed by atoms with van der Waals surface area (Å²) in [4.78, 5) is 10.4. The first-order valence-electron chi connectivity index (χ1n) is 7.28. The fourth-order valence-corrected chi connectivity index (χ4v) is 3.07. The van der Waals surface area contributed by atoms with E-state index in [-0.39, 0.29) is 17.6 Å². The average molecular weight is 274 g/mol. The van der Waals surface area contributed by atoms with Crippen molar-refractivity contribution in [1.82, 2.24) is 14.9 Å². The minimum Gasteiger partial charge on any atom is -0.380 e. The molecule has 2 fully saturated rings. The van der Waals surface area contributed by atoms with Crippen LogP contribution in [0.1, 0.15) is 42.5 Å². The van der Waals surface area contributed by atoms with E-state index in [1.54, 1.807) is 7.11 Å². The summed E-state index contributed by atoms with van der Waals surface area (Å²) in [6, 6.07) is 2.74. The third-order valence-electron chi connectivity index (χ3n) is 4.76. The summed E-state index contributed by atoms with van der Waals surface area (Å²) < 4.78 is 5.53. The number of methoxy groups -OCH3 is 1. The average Bonchev–Trinajstić information content (AvgIpc) is 2.97. The molecule has 108 valence electrons. The molecule has 0 aromatic carbocycles. The highest BCUT2D eigenvalue weighted by molar-refractivity contribution is 5.17. The number of nitrogens with one attached hydrogen (secondary N) is 1. The summed E-state index contributed by atoms with van der Waals surface area (Å²) in [6.07, 6.45) is 3.24. The van der Waals surface area contributed by atoms with Gasteiger partial charge in [-0.1, -0.05) is 0 Å². The molecule has 0 radical (unpaired) electrons. The van der Waals surface area contributed by atoms with E-state index in [9.17, 15) is 5.26 Å². The Morgan fingerprint density at radius 1 is 1.50 bits per heavy atom. The smallest absolute Gasteiger partial charge is 0.124 e. The SMILES string of the molecule is CO[C@@H]1C[C@@H](c2nc(C)c(C)[nH]2)N(CC2(C#N)CC2)C1. The molecule has 2 heterocycles. The van der Waals surface area contributed by atoms with Crippen LogP contribution in [0.5, 0.6) is 0 Å². The maximum atomic E-state index is 9.31. The minimum atomic E-state index is -0.114. The number of nitriles is 1. The van der Waals surface area contributed by atoms with E-state index in [1.807, 2.05) is 6.92 Å². The summed E-state index contributed by atoms with van der Waals surface area (Å²) in [5, 5.41) is 9.31. The Hall–Kier alpha value is -1.38. The lowest BCUT2D eigenvalue weighted by Crippen LogP contribution is -2.31. The molecule has 2 atom stereocenters. The number of rotatable bonds is 4. The number of hydrogen-bond donors (Lipinski definition) is 1. The second-order valence-corrected chi connectivity index (χ2v) is 6.26. The third kappa shape index (κ3) is 2.34. The normalized spacial score (nSPS) is 28.5. The number of ether oxygens (including phenoxy) is 1. The second kappa shape index (κ2) is 4.87. The minimum absolute atomic E-state index is 0.114. The predicted molar refractivity (Wildman–Crippen MR) is 75.1 cm³/mol. The summed E-state index contributed by atoms with van der Waals surface area (Å²) in [5.41, 5.74) is 2.07. The van der Waals surface area contributed by atoms with Gasteiger partial charge in [-0.05, 0) is 33.1 Å². The molecule has 0 amide bonds. The van der Waals surface area contributed by atoms with E-state index in [4.69, 9.17) is 4.74 Å². The maximum Gasteiger partial charge on any atom is 0.124 e. The zero-order valence-corrected chi connectivity index (χ0v) is 12.4. The van der Waals surface area contributed by atoms with Crippen molar-refractivity contribution < 1.29 is 4.74 Å². The zero-order valence-electron chi connectivity index (χ0n) is 12.4. The van der Waals surface area contributed by atoms with Crippen LogP contribution in [0.15, 0.2) is 0 Å². The van der Waals surface area contributed by atoms with Gasteiger partial charge in [-0.25, -0.2) is 4.98 Å². The molecular weight excluding hydrogens is 252 g/mol. The number of H-pyrrole nitrogens is 1. The Labute approximate surface area is 119 Å². The largest absolute Gasteiger partial charge is 0.380 e. The third-order valence-corrected chi connectivity index (χ3v) is 4.76. The van der Waals surface area contributed by atoms with Crippen LogP contribution in [0.25, 0.3) is 0 Å². The Morgan fingerprint density at radius 3 is 2.75 bits per heavy atom. The Kier molecular flexibility index (Phi) is 3.31. The molecule has 1 saturated carbocycles. The van der Waals surface area contributed by atoms with Gasteiger partial charge in [-0.3, -0.25) is 4.90 Å². The molecule has 1 aliphatic carbocycles. The van der Waals surface area contributed by atoms with E-state index in [2.05, 4.69) is 27.9 Å². The van der Waals surface area contributed by atoms with Crippen molar-refractivity contribution in [3.63, 3.8) is 0 Å². The van der Waals surface area contributed by atoms with Crippen molar-refractivity contribution in [2.75, 3.05) is 20.2 Å². The van der Waals surface area contributed by atoms with Gasteiger partial charge in [0.15, 0.2) is 0 Å². The van der Waals surface area contributed by atoms with Gasteiger partial charge in [0.25, 0.3) is 0 Å². The highest BCUT2D eigenvalue weighted by Gasteiger charge is 2.48. The lowest BCUT2D eigenvalue weighted by Gasteiger charge is -2.24. The molecule has 5 heteroatoms. The molecule has 0 spiro atoms. The lowest BCUT2D eigenvalue weighted by atomic mass is 10.1. The van der Waals surface area contributed by atoms with E-state index in [0.717, 1.165) is 49.6 Å². The fourth-order valence-electron chi connectivity index (χ4n) is 3.07. The molecule has 2 aliphatic rings. The lowest BCUT2D eigenvalue weighted by molar-refractivity contribution is 0.106. The van der Waals surface area contributed by atoms with E-state index in [1.165, 1.54) is 0 Å². The standard InChI is InChI=1S/C15H22N4O/c1-10-11(2)18-14(17-10)13-6-12(20-3)7-19(13)9-15(8-16)4-5-15/h12-13H,4-7,9H2,1-3H3,(H,17,18)/t12-,13+/m1/s1. The van der Waals surface area contributed by atoms with Gasteiger partial charge < -0.3 is 9.72 Å². The molecule has 0 unspecified atom stereocenters. The molecule has 3 rings (SSSR count). The van der Waals surface area contributed by atoms with Crippen molar-refractivity contribution in [2.24, 2.45) is 5.41 Å². The number of likely N-dealkylation sites (tertiary alicyclic amines) is 1. The van der Waals surface area contributed by atoms with Gasteiger partial charge in [0, 0.05) is 25.9 Å². The van der Waals surface area contributed by atoms with Crippen LogP contribution in [0.4, 0.5) is 0 Å². The number of hydrogen-bond acceptors (Lipinski definition) is 4. The zero-order chi connectivity index (χ0) is 14.3. The highest BCUT2D eigenvalue weighted by Crippen LogP contribution is 2.48. The second-order valence-electron chi connectivity index (χ2n) is 6.26. The summed E-state index contributed by atoms with van der Waals surface area (Å²) >= 11 is 0. The topological polar surface area (TPSA) is 64.9 Å². The van der Waals surface area contributed by atoms with E-state index < -0.39 is 0 Å². The summed E-state index contributed by atoms with van der Waals surface area (Å²) in [5.74, 6) is 1.02. The van der Waals surface area contributed by atoms with Crippen molar-refractivity contribution in [1.29, 1.82) is 5.26 Å². The van der Waals surface area contributed by atoms with Crippen LogP contribution in [-0.4, -0.2) is 41.2 Å². The van der Waals surface area contributed by atoms with Gasteiger partial charge in [-0.2, -0.15) is 5.26 Å². The molecule has 1 aromatic rings. The van der Waals surface area contributed by atoms with E-state index >= 15 is 0 Å². The molecule has 1 aliphatic heterocycles. The van der Waals surface area contributed by atoms with Crippen molar-refractivity contribution in [3.8, 4) is 6.07 Å². The first-order valence-corrected chi connectivity index (χ1v) is 7.28. The first-order chi connectivity index (χ1) is 9.57. The van der Waals surface area contributed by atoms with Gasteiger partial charge in [0.05, 0.1) is 29.3 Å². The number of aromatic amines is 1. The molecule has 5 nitrogen and oxygen atoms in total. The Balaban J connectivity index is 1.81. The quantitative estimate of drug-likeness (QED) is 0.913. The van der Waals surface area contributed by atoms with Gasteiger partial charge in [-0.15, -0.1) is 0 Å². The molecule has 0 bridgehead atoms. The Bertz CT molecular complexity index is 521. The molecule has 20 heavy (non-hydrogen) atoms. The highest BCUT2D eigenvalue weighted by atomic mass is 16.5. The Morgan fingerprint density at radius 2 is 2.25 bits per heavy atom. The van der Waals surface area contributed by atoms with Crippen LogP contribution in [-0.2, 0) is 4.74 Å². The van der Waals surface area contributed by atoms with Crippen LogP contribution in [0.3, 0.4) is 0 Å². The fraction of sp³-hybridized carbons (Fsp3) is 0.733. The molecule has 1 N–H and O–H groups in total. The van der Waals surface area contributed by atoms with Crippen LogP contribution >= 0.6 is 0 Å². The monoisotopic (exact) mass is 274 g/mol. The van der Waals surface area contributed by atoms with Crippen LogP contribution < -0.4 is 0 Å². The predicted octanol–water partition coefficient (Wildman–Crippen LogP) is 2.09. The van der Waals surface area contributed by atoms with Gasteiger partial charge in [0.2, 0.25) is 0 Å². The molecule has 1 saturated heterocycles. The number of nitrogens with zero attached hydrogens (tertiary/aromatic N) is 3. The van der Waals surface area contributed by atoms with Crippen molar-refractivity contribution in [2.45, 2.75) is 45.3 Å². The number of imidazole rings is 1. The van der Waals surface area contributed by atoms with Gasteiger partial charge in [0.1, 0.15) is 5.82 Å². The van der Waals surface area contributed by atoms with E-state index in [0.29, 0.717) is 0 Å². The molecule has 1 aromatic heterocycles. The summed E-state index contributed by atoms with van der Waals surface area (Å²) in [6.45, 7) is 5.81. The summed E-state index contributed by atoms with van der Waals surface area (Å²) in [7, 11) is 1.76. The molecular formula is C15H22N4O. The van der Waals surface area contributed by atoms with Crippen molar-refractivity contribution in [3.05, 3.63) is 17.2 Å². The van der Waals surface area contributed by atoms with Crippen LogP contribution in [0.2, 0.25) is 0 Å². The first kappa shape index (κ1) is 13.6. The number of aryl methyl sites for hydroxylation is 2.